The first kappa shape index (κ1) is 19.3. The summed E-state index contributed by atoms with van der Waals surface area (Å²) >= 11 is 0. The lowest BCUT2D eigenvalue weighted by Crippen LogP contribution is -2.47. The van der Waals surface area contributed by atoms with Gasteiger partial charge in [0.1, 0.15) is 6.04 Å². The topological polar surface area (TPSA) is 130 Å². The van der Waals surface area contributed by atoms with Crippen molar-refractivity contribution in [3.05, 3.63) is 0 Å². The molecule has 2 atom stereocenters. The maximum Gasteiger partial charge on any atom is 0.322 e. The summed E-state index contributed by atoms with van der Waals surface area (Å²) in [5.41, 5.74) is 0. The van der Waals surface area contributed by atoms with Gasteiger partial charge in [-0.1, -0.05) is 20.3 Å². The second-order valence-electron chi connectivity index (χ2n) is 4.44. The van der Waals surface area contributed by atoms with Crippen molar-refractivity contribution in [1.29, 1.82) is 0 Å². The molecule has 0 fully saturated rings. The van der Waals surface area contributed by atoms with Gasteiger partial charge >= 0.3 is 5.97 Å². The lowest BCUT2D eigenvalue weighted by atomic mass is 10.0. The number of hydrogen-bond acceptors (Lipinski definition) is 5. The summed E-state index contributed by atoms with van der Waals surface area (Å²) in [6.45, 7) is 4.52. The van der Waals surface area contributed by atoms with Crippen molar-refractivity contribution in [2.45, 2.75) is 33.2 Å². The van der Waals surface area contributed by atoms with Crippen LogP contribution in [0.5, 0.6) is 0 Å². The fraction of sp³-hybridized carbons (Fsp3) is 0.900. The van der Waals surface area contributed by atoms with Gasteiger partial charge in [0.15, 0.2) is 0 Å². The largest absolute Gasteiger partial charge is 0.480 e. The summed E-state index contributed by atoms with van der Waals surface area (Å²) < 4.78 is 50.0. The standard InChI is InChI=1S/C10H22N2O6S2/c1-4-8(3)9(10(13)14)12-20(17,18)7-6-11-19(15,16)5-2/h8-9,11-12H,4-7H2,1-3H3,(H,13,14)/t8-,9-/m0/s1. The van der Waals surface area contributed by atoms with Crippen molar-refractivity contribution in [2.24, 2.45) is 5.92 Å². The summed E-state index contributed by atoms with van der Waals surface area (Å²) in [7, 11) is -7.34. The summed E-state index contributed by atoms with van der Waals surface area (Å²) in [6, 6.07) is -1.22. The zero-order chi connectivity index (χ0) is 16.0. The molecule has 0 amide bonds. The summed E-state index contributed by atoms with van der Waals surface area (Å²) in [5.74, 6) is -2.27. The summed E-state index contributed by atoms with van der Waals surface area (Å²) in [5, 5.41) is 8.99. The molecule has 0 radical (unpaired) electrons. The second kappa shape index (κ2) is 7.91. The zero-order valence-electron chi connectivity index (χ0n) is 11.8. The minimum Gasteiger partial charge on any atom is -0.480 e. The van der Waals surface area contributed by atoms with Crippen molar-refractivity contribution in [3.63, 3.8) is 0 Å². The highest BCUT2D eigenvalue weighted by atomic mass is 32.2. The first-order valence-electron chi connectivity index (χ1n) is 6.24. The molecule has 0 aromatic heterocycles. The van der Waals surface area contributed by atoms with E-state index in [-0.39, 0.29) is 18.2 Å². The molecular formula is C10H22N2O6S2. The number of nitrogens with one attached hydrogen (secondary N) is 2. The Morgan fingerprint density at radius 1 is 1.15 bits per heavy atom. The summed E-state index contributed by atoms with van der Waals surface area (Å²) in [6.07, 6.45) is 0.502. The number of carboxylic acid groups (broad SMARTS) is 1. The van der Waals surface area contributed by atoms with Gasteiger partial charge in [0.05, 0.1) is 11.5 Å². The highest BCUT2D eigenvalue weighted by Crippen LogP contribution is 2.09. The molecule has 0 aliphatic carbocycles. The third-order valence-corrected chi connectivity index (χ3v) is 5.62. The smallest absolute Gasteiger partial charge is 0.322 e. The van der Waals surface area contributed by atoms with Gasteiger partial charge in [-0.05, 0) is 12.8 Å². The monoisotopic (exact) mass is 330 g/mol. The van der Waals surface area contributed by atoms with E-state index in [9.17, 15) is 21.6 Å². The Kier molecular flexibility index (Phi) is 7.63. The Morgan fingerprint density at radius 2 is 1.70 bits per heavy atom. The molecule has 0 aromatic carbocycles. The molecule has 0 rings (SSSR count). The third-order valence-electron chi connectivity index (χ3n) is 2.86. The number of sulfonamides is 2. The molecule has 10 heteroatoms. The van der Waals surface area contributed by atoms with Crippen LogP contribution in [0, 0.1) is 5.92 Å². The van der Waals surface area contributed by atoms with Gasteiger partial charge in [0.2, 0.25) is 20.0 Å². The van der Waals surface area contributed by atoms with E-state index < -0.39 is 37.8 Å². The molecule has 0 aromatic rings. The van der Waals surface area contributed by atoms with Gasteiger partial charge in [-0.3, -0.25) is 4.79 Å². The molecule has 3 N–H and O–H groups in total. The predicted octanol–water partition coefficient (Wildman–Crippen LogP) is -0.656. The lowest BCUT2D eigenvalue weighted by Gasteiger charge is -2.20. The minimum absolute atomic E-state index is 0.148. The maximum absolute atomic E-state index is 11.7. The van der Waals surface area contributed by atoms with Gasteiger partial charge in [-0.25, -0.2) is 26.3 Å². The first-order chi connectivity index (χ1) is 9.04. The Balaban J connectivity index is 4.62. The minimum atomic E-state index is -3.87. The van der Waals surface area contributed by atoms with Crippen molar-refractivity contribution in [3.8, 4) is 0 Å². The van der Waals surface area contributed by atoms with Crippen molar-refractivity contribution >= 4 is 26.0 Å². The molecule has 0 saturated heterocycles. The van der Waals surface area contributed by atoms with E-state index in [1.54, 1.807) is 13.8 Å². The van der Waals surface area contributed by atoms with E-state index in [4.69, 9.17) is 5.11 Å². The van der Waals surface area contributed by atoms with Crippen molar-refractivity contribution < 1.29 is 26.7 Å². The van der Waals surface area contributed by atoms with Crippen molar-refractivity contribution in [2.75, 3.05) is 18.1 Å². The quantitative estimate of drug-likeness (QED) is 0.488. The van der Waals surface area contributed by atoms with Gasteiger partial charge in [-0.15, -0.1) is 0 Å². The molecule has 20 heavy (non-hydrogen) atoms. The van der Waals surface area contributed by atoms with Crippen LogP contribution in [0.3, 0.4) is 0 Å². The SMILES string of the molecule is CC[C@H](C)[C@H](NS(=O)(=O)CCNS(=O)(=O)CC)C(=O)O. The van der Waals surface area contributed by atoms with E-state index in [1.807, 2.05) is 0 Å². The molecule has 0 aliphatic rings. The van der Waals surface area contributed by atoms with Crippen LogP contribution in [-0.2, 0) is 24.8 Å². The van der Waals surface area contributed by atoms with Crippen LogP contribution in [0.1, 0.15) is 27.2 Å². The van der Waals surface area contributed by atoms with E-state index in [2.05, 4.69) is 9.44 Å². The highest BCUT2D eigenvalue weighted by molar-refractivity contribution is 7.90. The number of carboxylic acids is 1. The molecule has 0 spiro atoms. The molecule has 0 bridgehead atoms. The molecule has 120 valence electrons. The van der Waals surface area contributed by atoms with E-state index in [0.717, 1.165) is 0 Å². The molecular weight excluding hydrogens is 308 g/mol. The average Bonchev–Trinajstić information content (AvgIpc) is 2.34. The predicted molar refractivity (Wildman–Crippen MR) is 75.3 cm³/mol. The molecule has 0 heterocycles. The Bertz CT molecular complexity index is 514. The molecule has 8 nitrogen and oxygen atoms in total. The van der Waals surface area contributed by atoms with Crippen LogP contribution in [-0.4, -0.2) is 52.0 Å². The van der Waals surface area contributed by atoms with Crippen molar-refractivity contribution in [1.82, 2.24) is 9.44 Å². The molecule has 0 saturated carbocycles. The van der Waals surface area contributed by atoms with Crippen LogP contribution >= 0.6 is 0 Å². The fourth-order valence-electron chi connectivity index (χ4n) is 1.33. The highest BCUT2D eigenvalue weighted by Gasteiger charge is 2.28. The number of carbonyl (C=O) groups is 1. The average molecular weight is 330 g/mol. The van der Waals surface area contributed by atoms with E-state index in [0.29, 0.717) is 6.42 Å². The van der Waals surface area contributed by atoms with Crippen LogP contribution < -0.4 is 9.44 Å². The Hall–Kier alpha value is -0.710. The summed E-state index contributed by atoms with van der Waals surface area (Å²) in [4.78, 5) is 11.0. The lowest BCUT2D eigenvalue weighted by molar-refractivity contribution is -0.140. The van der Waals surface area contributed by atoms with Gasteiger partial charge in [0.25, 0.3) is 0 Å². The van der Waals surface area contributed by atoms with Crippen LogP contribution in [0.15, 0.2) is 0 Å². The van der Waals surface area contributed by atoms with Crippen LogP contribution in [0.2, 0.25) is 0 Å². The van der Waals surface area contributed by atoms with E-state index in [1.165, 1.54) is 6.92 Å². The van der Waals surface area contributed by atoms with Gasteiger partial charge < -0.3 is 5.11 Å². The molecule has 0 aliphatic heterocycles. The fourth-order valence-corrected chi connectivity index (χ4v) is 3.29. The zero-order valence-corrected chi connectivity index (χ0v) is 13.4. The van der Waals surface area contributed by atoms with Gasteiger partial charge in [-0.2, -0.15) is 0 Å². The van der Waals surface area contributed by atoms with Gasteiger partial charge in [0, 0.05) is 6.54 Å². The van der Waals surface area contributed by atoms with E-state index >= 15 is 0 Å². The Morgan fingerprint density at radius 3 is 2.10 bits per heavy atom. The number of aliphatic carboxylic acids is 1. The Labute approximate surface area is 120 Å². The normalized spacial score (nSPS) is 15.8. The van der Waals surface area contributed by atoms with Crippen LogP contribution in [0.4, 0.5) is 0 Å². The third kappa shape index (κ3) is 7.17. The molecule has 0 unspecified atom stereocenters. The second-order valence-corrected chi connectivity index (χ2v) is 8.40. The first-order valence-corrected chi connectivity index (χ1v) is 9.55. The maximum atomic E-state index is 11.7. The number of hydrogen-bond donors (Lipinski definition) is 3. The van der Waals surface area contributed by atoms with Crippen LogP contribution in [0.25, 0.3) is 0 Å². The number of rotatable bonds is 10.